The van der Waals surface area contributed by atoms with Crippen molar-refractivity contribution in [3.8, 4) is 5.75 Å². The van der Waals surface area contributed by atoms with Crippen molar-refractivity contribution in [2.45, 2.75) is 39.2 Å². The van der Waals surface area contributed by atoms with Gasteiger partial charge in [-0.05, 0) is 55.3 Å². The van der Waals surface area contributed by atoms with Gasteiger partial charge in [-0.25, -0.2) is 4.98 Å². The number of aromatic nitrogens is 2. The Morgan fingerprint density at radius 2 is 1.76 bits per heavy atom. The molecule has 0 aliphatic carbocycles. The van der Waals surface area contributed by atoms with Gasteiger partial charge in [-0.1, -0.05) is 48.9 Å². The summed E-state index contributed by atoms with van der Waals surface area (Å²) < 4.78 is 8.24. The van der Waals surface area contributed by atoms with Gasteiger partial charge in [0.15, 0.2) is 0 Å². The Balaban J connectivity index is 1.38. The van der Waals surface area contributed by atoms with Gasteiger partial charge in [-0.3, -0.25) is 4.79 Å². The van der Waals surface area contributed by atoms with Crippen molar-refractivity contribution in [1.82, 2.24) is 9.55 Å². The molecule has 1 aromatic heterocycles. The molecule has 0 unspecified atom stereocenters. The summed E-state index contributed by atoms with van der Waals surface area (Å²) in [6.07, 6.45) is 1.46. The van der Waals surface area contributed by atoms with Crippen molar-refractivity contribution in [3.05, 3.63) is 89.7 Å². The first kappa shape index (κ1) is 21.3. The van der Waals surface area contributed by atoms with E-state index in [0.29, 0.717) is 26.1 Å². The van der Waals surface area contributed by atoms with Gasteiger partial charge in [0.05, 0.1) is 17.6 Å². The van der Waals surface area contributed by atoms with Crippen LogP contribution in [0.2, 0.25) is 0 Å². The quantitative estimate of drug-likeness (QED) is 0.382. The van der Waals surface area contributed by atoms with Gasteiger partial charge in [0.1, 0.15) is 18.2 Å². The van der Waals surface area contributed by atoms with E-state index in [0.717, 1.165) is 34.7 Å². The van der Waals surface area contributed by atoms with Gasteiger partial charge in [0.25, 0.3) is 0 Å². The average molecular weight is 440 g/mol. The van der Waals surface area contributed by atoms with E-state index in [2.05, 4.69) is 60.9 Å². The predicted molar refractivity (Wildman–Crippen MR) is 132 cm³/mol. The number of para-hydroxylation sites is 2. The van der Waals surface area contributed by atoms with Crippen LogP contribution in [-0.4, -0.2) is 28.6 Å². The summed E-state index contributed by atoms with van der Waals surface area (Å²) in [5.74, 6) is 2.03. The Morgan fingerprint density at radius 1 is 1.00 bits per heavy atom. The number of aryl methyl sites for hydroxylation is 2. The zero-order valence-corrected chi connectivity index (χ0v) is 19.2. The summed E-state index contributed by atoms with van der Waals surface area (Å²) in [5, 5.41) is 0. The number of carbonyl (C=O) groups is 1. The molecule has 1 fully saturated rings. The SMILES string of the molecule is CCc1ccc(N2C[C@H](c3nc4ccccc4n3CCOc3ccc(C)cc3)CC2=O)cc1. The zero-order chi connectivity index (χ0) is 22.8. The first-order chi connectivity index (χ1) is 16.1. The van der Waals surface area contributed by atoms with Crippen LogP contribution in [0.25, 0.3) is 11.0 Å². The predicted octanol–water partition coefficient (Wildman–Crippen LogP) is 5.51. The fourth-order valence-corrected chi connectivity index (χ4v) is 4.57. The second-order valence-electron chi connectivity index (χ2n) is 8.70. The third-order valence-corrected chi connectivity index (χ3v) is 6.44. The molecule has 2 heterocycles. The van der Waals surface area contributed by atoms with E-state index in [9.17, 15) is 4.79 Å². The number of rotatable bonds is 7. The molecule has 0 bridgehead atoms. The second kappa shape index (κ2) is 9.10. The Morgan fingerprint density at radius 3 is 2.52 bits per heavy atom. The number of nitrogens with zero attached hydrogens (tertiary/aromatic N) is 3. The van der Waals surface area contributed by atoms with Crippen molar-refractivity contribution < 1.29 is 9.53 Å². The molecule has 0 spiro atoms. The summed E-state index contributed by atoms with van der Waals surface area (Å²) in [4.78, 5) is 19.8. The first-order valence-corrected chi connectivity index (χ1v) is 11.7. The van der Waals surface area contributed by atoms with Crippen molar-refractivity contribution in [2.24, 2.45) is 0 Å². The largest absolute Gasteiger partial charge is 0.492 e. The number of carbonyl (C=O) groups excluding carboxylic acids is 1. The maximum absolute atomic E-state index is 12.9. The highest BCUT2D eigenvalue weighted by molar-refractivity contribution is 5.96. The van der Waals surface area contributed by atoms with E-state index in [1.807, 2.05) is 35.2 Å². The molecule has 1 aliphatic rings. The minimum absolute atomic E-state index is 0.0510. The highest BCUT2D eigenvalue weighted by Gasteiger charge is 2.34. The van der Waals surface area contributed by atoms with Crippen LogP contribution in [-0.2, 0) is 17.8 Å². The summed E-state index contributed by atoms with van der Waals surface area (Å²) in [6, 6.07) is 24.6. The molecular formula is C28H29N3O2. The lowest BCUT2D eigenvalue weighted by atomic mass is 10.1. The lowest BCUT2D eigenvalue weighted by molar-refractivity contribution is -0.117. The summed E-state index contributed by atoms with van der Waals surface area (Å²) in [5.41, 5.74) is 5.49. The van der Waals surface area contributed by atoms with Crippen LogP contribution in [0, 0.1) is 6.92 Å². The third-order valence-electron chi connectivity index (χ3n) is 6.44. The number of ether oxygens (including phenoxy) is 1. The average Bonchev–Trinajstić information content (AvgIpc) is 3.41. The Kier molecular flexibility index (Phi) is 5.86. The maximum Gasteiger partial charge on any atom is 0.227 e. The zero-order valence-electron chi connectivity index (χ0n) is 19.2. The van der Waals surface area contributed by atoms with Crippen LogP contribution in [0.1, 0.15) is 36.2 Å². The standard InChI is InChI=1S/C28H29N3O2/c1-3-21-10-12-23(13-11-21)31-19-22(18-27(31)32)28-29-25-6-4-5-7-26(25)30(28)16-17-33-24-14-8-20(2)9-15-24/h4-15,22H,3,16-19H2,1-2H3/t22-/m1/s1. The molecule has 0 saturated carbocycles. The van der Waals surface area contributed by atoms with Gasteiger partial charge in [0.2, 0.25) is 5.91 Å². The normalized spacial score (nSPS) is 16.0. The molecule has 5 rings (SSSR count). The molecule has 5 nitrogen and oxygen atoms in total. The lowest BCUT2D eigenvalue weighted by Crippen LogP contribution is -2.24. The molecule has 5 heteroatoms. The summed E-state index contributed by atoms with van der Waals surface area (Å²) in [7, 11) is 0. The molecule has 1 saturated heterocycles. The van der Waals surface area contributed by atoms with Gasteiger partial charge in [-0.2, -0.15) is 0 Å². The van der Waals surface area contributed by atoms with Crippen molar-refractivity contribution in [1.29, 1.82) is 0 Å². The molecule has 1 amide bonds. The topological polar surface area (TPSA) is 47.4 Å². The molecule has 0 radical (unpaired) electrons. The second-order valence-corrected chi connectivity index (χ2v) is 8.70. The highest BCUT2D eigenvalue weighted by atomic mass is 16.5. The van der Waals surface area contributed by atoms with Crippen LogP contribution < -0.4 is 9.64 Å². The van der Waals surface area contributed by atoms with E-state index in [1.54, 1.807) is 0 Å². The number of imidazole rings is 1. The van der Waals surface area contributed by atoms with Gasteiger partial charge >= 0.3 is 0 Å². The van der Waals surface area contributed by atoms with E-state index in [-0.39, 0.29) is 11.8 Å². The number of hydrogen-bond acceptors (Lipinski definition) is 3. The van der Waals surface area contributed by atoms with E-state index < -0.39 is 0 Å². The van der Waals surface area contributed by atoms with Gasteiger partial charge < -0.3 is 14.2 Å². The molecular weight excluding hydrogens is 410 g/mol. The third kappa shape index (κ3) is 4.36. The lowest BCUT2D eigenvalue weighted by Gasteiger charge is -2.18. The number of hydrogen-bond donors (Lipinski definition) is 0. The highest BCUT2D eigenvalue weighted by Crippen LogP contribution is 2.33. The minimum Gasteiger partial charge on any atom is -0.492 e. The Hall–Kier alpha value is -3.60. The fraction of sp³-hybridized carbons (Fsp3) is 0.286. The van der Waals surface area contributed by atoms with Crippen LogP contribution in [0.3, 0.4) is 0 Å². The minimum atomic E-state index is 0.0510. The fourth-order valence-electron chi connectivity index (χ4n) is 4.57. The van der Waals surface area contributed by atoms with Crippen molar-refractivity contribution >= 4 is 22.6 Å². The van der Waals surface area contributed by atoms with E-state index in [1.165, 1.54) is 11.1 Å². The summed E-state index contributed by atoms with van der Waals surface area (Å²) >= 11 is 0. The molecule has 1 aliphatic heterocycles. The number of benzene rings is 3. The van der Waals surface area contributed by atoms with Crippen LogP contribution in [0.15, 0.2) is 72.8 Å². The van der Waals surface area contributed by atoms with Crippen LogP contribution in [0.5, 0.6) is 5.75 Å². The molecule has 4 aromatic rings. The monoisotopic (exact) mass is 439 g/mol. The maximum atomic E-state index is 12.9. The molecule has 1 atom stereocenters. The summed E-state index contributed by atoms with van der Waals surface area (Å²) in [6.45, 7) is 6.07. The number of anilines is 1. The van der Waals surface area contributed by atoms with E-state index in [4.69, 9.17) is 9.72 Å². The van der Waals surface area contributed by atoms with Gasteiger partial charge in [0, 0.05) is 24.6 Å². The number of fused-ring (bicyclic) bond motifs is 1. The Labute approximate surface area is 194 Å². The number of amides is 1. The first-order valence-electron chi connectivity index (χ1n) is 11.7. The molecule has 168 valence electrons. The molecule has 3 aromatic carbocycles. The molecule has 0 N–H and O–H groups in total. The van der Waals surface area contributed by atoms with E-state index >= 15 is 0 Å². The van der Waals surface area contributed by atoms with Crippen LogP contribution in [0.4, 0.5) is 5.69 Å². The Bertz CT molecular complexity index is 1260. The van der Waals surface area contributed by atoms with Crippen LogP contribution >= 0.6 is 0 Å². The smallest absolute Gasteiger partial charge is 0.227 e. The van der Waals surface area contributed by atoms with Crippen molar-refractivity contribution in [3.63, 3.8) is 0 Å². The molecule has 33 heavy (non-hydrogen) atoms. The van der Waals surface area contributed by atoms with Gasteiger partial charge in [-0.15, -0.1) is 0 Å². The van der Waals surface area contributed by atoms with Crippen molar-refractivity contribution in [2.75, 3.05) is 18.1 Å².